The molecule has 0 saturated heterocycles. The first-order chi connectivity index (χ1) is 14.9. The highest BCUT2D eigenvalue weighted by Crippen LogP contribution is 2.40. The van der Waals surface area contributed by atoms with Crippen molar-refractivity contribution in [1.82, 2.24) is 0 Å². The Morgan fingerprint density at radius 2 is 1.68 bits per heavy atom. The second-order valence-electron chi connectivity index (χ2n) is 8.40. The fourth-order valence-corrected chi connectivity index (χ4v) is 5.14. The number of Topliss-reactive ketones (excluding diaryl/α,β-unsaturated/α-hetero) is 1. The maximum atomic E-state index is 13.2. The van der Waals surface area contributed by atoms with E-state index in [-0.39, 0.29) is 11.8 Å². The monoisotopic (exact) mass is 474 g/mol. The van der Waals surface area contributed by atoms with Gasteiger partial charge in [0.15, 0.2) is 0 Å². The summed E-state index contributed by atoms with van der Waals surface area (Å²) in [4.78, 5) is 13.2. The van der Waals surface area contributed by atoms with E-state index < -0.39 is 0 Å². The van der Waals surface area contributed by atoms with Crippen LogP contribution in [0, 0.1) is 5.92 Å². The molecule has 1 saturated carbocycles. The molecule has 1 aliphatic carbocycles. The molecule has 2 aromatic carbocycles. The van der Waals surface area contributed by atoms with Crippen LogP contribution in [0.25, 0.3) is 0 Å². The van der Waals surface area contributed by atoms with Gasteiger partial charge >= 0.3 is 0 Å². The molecule has 0 bridgehead atoms. The summed E-state index contributed by atoms with van der Waals surface area (Å²) in [5.41, 5.74) is 2.91. The number of rotatable bonds is 6. The number of carbonyl (C=O) groups is 1. The van der Waals surface area contributed by atoms with Crippen LogP contribution in [-0.2, 0) is 4.79 Å². The van der Waals surface area contributed by atoms with E-state index in [1.54, 1.807) is 12.1 Å². The molecular formula is C25H25Cl3N2O. The van der Waals surface area contributed by atoms with Crippen LogP contribution in [0.4, 0.5) is 5.69 Å². The number of ketones is 1. The fourth-order valence-electron chi connectivity index (χ4n) is 4.52. The predicted molar refractivity (Wildman–Crippen MR) is 131 cm³/mol. The van der Waals surface area contributed by atoms with Crippen molar-refractivity contribution in [3.63, 3.8) is 0 Å². The molecule has 0 aromatic heterocycles. The second-order valence-corrected chi connectivity index (χ2v) is 9.68. The van der Waals surface area contributed by atoms with Gasteiger partial charge in [-0.2, -0.15) is 5.10 Å². The minimum atomic E-state index is -0.155. The molecule has 2 aliphatic rings. The summed E-state index contributed by atoms with van der Waals surface area (Å²) in [7, 11) is 0. The van der Waals surface area contributed by atoms with Crippen LogP contribution in [0.3, 0.4) is 0 Å². The zero-order valence-electron chi connectivity index (χ0n) is 17.3. The lowest BCUT2D eigenvalue weighted by atomic mass is 9.83. The number of hydrogen-bond donors (Lipinski definition) is 0. The third-order valence-electron chi connectivity index (χ3n) is 6.16. The lowest BCUT2D eigenvalue weighted by Crippen LogP contribution is -2.19. The van der Waals surface area contributed by atoms with Gasteiger partial charge in [-0.05, 0) is 53.8 Å². The van der Waals surface area contributed by atoms with Gasteiger partial charge in [-0.1, -0.05) is 85.6 Å². The summed E-state index contributed by atoms with van der Waals surface area (Å²) in [6, 6.07) is 12.8. The van der Waals surface area contributed by atoms with Gasteiger partial charge in [0.2, 0.25) is 5.78 Å². The molecule has 6 heteroatoms. The highest BCUT2D eigenvalue weighted by molar-refractivity contribution is 6.46. The van der Waals surface area contributed by atoms with Crippen LogP contribution in [0.15, 0.2) is 59.7 Å². The van der Waals surface area contributed by atoms with Crippen molar-refractivity contribution in [3.05, 3.63) is 75.2 Å². The first kappa shape index (κ1) is 22.4. The van der Waals surface area contributed by atoms with Gasteiger partial charge in [-0.15, -0.1) is 0 Å². The van der Waals surface area contributed by atoms with Crippen LogP contribution >= 0.6 is 34.8 Å². The molecule has 2 aromatic rings. The average Bonchev–Trinajstić information content (AvgIpc) is 3.19. The molecule has 4 rings (SSSR count). The van der Waals surface area contributed by atoms with Crippen LogP contribution in [0.1, 0.15) is 56.6 Å². The molecule has 1 fully saturated rings. The van der Waals surface area contributed by atoms with Gasteiger partial charge in [0.1, 0.15) is 5.71 Å². The third kappa shape index (κ3) is 5.16. The number of hydrogen-bond acceptors (Lipinski definition) is 3. The van der Waals surface area contributed by atoms with Gasteiger partial charge in [-0.3, -0.25) is 9.80 Å². The zero-order valence-corrected chi connectivity index (χ0v) is 19.6. The summed E-state index contributed by atoms with van der Waals surface area (Å²) in [6.45, 7) is 4.12. The van der Waals surface area contributed by atoms with E-state index in [4.69, 9.17) is 39.9 Å². The first-order valence-electron chi connectivity index (χ1n) is 10.7. The lowest BCUT2D eigenvalue weighted by molar-refractivity contribution is -0.110. The molecule has 1 aliphatic heterocycles. The van der Waals surface area contributed by atoms with Crippen molar-refractivity contribution in [2.45, 2.75) is 51.0 Å². The Balaban J connectivity index is 1.61. The molecule has 31 heavy (non-hydrogen) atoms. The second kappa shape index (κ2) is 9.77. The molecule has 0 amide bonds. The average molecular weight is 476 g/mol. The predicted octanol–water partition coefficient (Wildman–Crippen LogP) is 8.05. The first-order valence-corrected chi connectivity index (χ1v) is 11.9. The Morgan fingerprint density at radius 3 is 2.35 bits per heavy atom. The Morgan fingerprint density at radius 1 is 1.00 bits per heavy atom. The number of halogens is 3. The quantitative estimate of drug-likeness (QED) is 0.396. The summed E-state index contributed by atoms with van der Waals surface area (Å²) in [5, 5.41) is 8.25. The molecule has 1 unspecified atom stereocenters. The minimum Gasteiger partial charge on any atom is -0.288 e. The molecule has 0 radical (unpaired) electrons. The molecule has 0 spiro atoms. The highest BCUT2D eigenvalue weighted by Gasteiger charge is 2.34. The smallest absolute Gasteiger partial charge is 0.204 e. The van der Waals surface area contributed by atoms with Crippen LogP contribution in [0.2, 0.25) is 15.1 Å². The molecule has 1 heterocycles. The minimum absolute atomic E-state index is 0.0443. The zero-order chi connectivity index (χ0) is 22.0. The Kier molecular flexibility index (Phi) is 7.05. The van der Waals surface area contributed by atoms with E-state index in [0.29, 0.717) is 44.4 Å². The number of hydrazone groups is 1. The maximum Gasteiger partial charge on any atom is 0.204 e. The van der Waals surface area contributed by atoms with Crippen molar-refractivity contribution in [1.29, 1.82) is 0 Å². The summed E-state index contributed by atoms with van der Waals surface area (Å²) in [6.07, 6.45) is 7.39. The van der Waals surface area contributed by atoms with Crippen LogP contribution in [-0.4, -0.2) is 11.5 Å². The van der Waals surface area contributed by atoms with E-state index >= 15 is 0 Å². The van der Waals surface area contributed by atoms with Crippen molar-refractivity contribution in [3.8, 4) is 0 Å². The Hall–Kier alpha value is -1.81. The van der Waals surface area contributed by atoms with Crippen LogP contribution < -0.4 is 5.01 Å². The van der Waals surface area contributed by atoms with Gasteiger partial charge in [0.25, 0.3) is 0 Å². The summed E-state index contributed by atoms with van der Waals surface area (Å²) >= 11 is 18.7. The highest BCUT2D eigenvalue weighted by atomic mass is 35.5. The van der Waals surface area contributed by atoms with E-state index in [1.165, 1.54) is 32.1 Å². The van der Waals surface area contributed by atoms with E-state index in [1.807, 2.05) is 35.3 Å². The molecule has 3 nitrogen and oxygen atoms in total. The SMILES string of the molecule is C=C(CC1CCCCC1)C(=O)C1=NN(c2ccc(Cl)cc2Cl)C(c2ccc(Cl)cc2)C1. The molecule has 162 valence electrons. The number of benzene rings is 2. The van der Waals surface area contributed by atoms with E-state index in [9.17, 15) is 4.79 Å². The Labute approximate surface area is 198 Å². The van der Waals surface area contributed by atoms with Crippen molar-refractivity contribution >= 4 is 52.0 Å². The molecule has 0 N–H and O–H groups in total. The summed E-state index contributed by atoms with van der Waals surface area (Å²) in [5.74, 6) is 0.512. The number of carbonyl (C=O) groups excluding carboxylic acids is 1. The maximum absolute atomic E-state index is 13.2. The van der Waals surface area contributed by atoms with Gasteiger partial charge in [0, 0.05) is 16.5 Å². The lowest BCUT2D eigenvalue weighted by Gasteiger charge is -2.25. The normalized spacial score (nSPS) is 19.4. The number of anilines is 1. The molecule has 1 atom stereocenters. The largest absolute Gasteiger partial charge is 0.288 e. The number of nitrogens with zero attached hydrogens (tertiary/aromatic N) is 2. The summed E-state index contributed by atoms with van der Waals surface area (Å²) < 4.78 is 0. The topological polar surface area (TPSA) is 32.7 Å². The van der Waals surface area contributed by atoms with E-state index in [0.717, 1.165) is 12.0 Å². The number of allylic oxidation sites excluding steroid dienone is 1. The van der Waals surface area contributed by atoms with Gasteiger partial charge in [0.05, 0.1) is 16.8 Å². The third-order valence-corrected chi connectivity index (χ3v) is 6.95. The van der Waals surface area contributed by atoms with Crippen LogP contribution in [0.5, 0.6) is 0 Å². The molecular weight excluding hydrogens is 451 g/mol. The van der Waals surface area contributed by atoms with Crippen molar-refractivity contribution in [2.75, 3.05) is 5.01 Å². The van der Waals surface area contributed by atoms with Crippen molar-refractivity contribution < 1.29 is 4.79 Å². The van der Waals surface area contributed by atoms with Gasteiger partial charge in [-0.25, -0.2) is 0 Å². The fraction of sp³-hybridized carbons (Fsp3) is 0.360. The van der Waals surface area contributed by atoms with Crippen molar-refractivity contribution in [2.24, 2.45) is 11.0 Å². The Bertz CT molecular complexity index is 1010. The standard InChI is InChI=1S/C25H25Cl3N2O/c1-16(13-17-5-3-2-4-6-17)25(31)22-15-24(18-7-9-19(26)10-8-18)30(29-22)23-12-11-20(27)14-21(23)28/h7-12,14,17,24H,1-6,13,15H2. The van der Waals surface area contributed by atoms with E-state index in [2.05, 4.69) is 6.58 Å². The van der Waals surface area contributed by atoms with Gasteiger partial charge < -0.3 is 0 Å².